The molecule has 3 rings (SSSR count). The van der Waals surface area contributed by atoms with Gasteiger partial charge in [-0.05, 0) is 64.0 Å². The number of hydrogen-bond acceptors (Lipinski definition) is 7. The zero-order valence-electron chi connectivity index (χ0n) is 20.4. The molecule has 0 radical (unpaired) electrons. The van der Waals surface area contributed by atoms with Crippen LogP contribution in [-0.4, -0.2) is 49.4 Å². The number of rotatable bonds is 9. The number of pyridine rings is 1. The van der Waals surface area contributed by atoms with Gasteiger partial charge in [0.2, 0.25) is 0 Å². The fourth-order valence-corrected chi connectivity index (χ4v) is 4.68. The molecule has 2 heterocycles. The van der Waals surface area contributed by atoms with Gasteiger partial charge in [0.15, 0.2) is 0 Å². The van der Waals surface area contributed by atoms with Crippen molar-refractivity contribution in [3.63, 3.8) is 0 Å². The van der Waals surface area contributed by atoms with Gasteiger partial charge in [-0.3, -0.25) is 19.8 Å². The van der Waals surface area contributed by atoms with Gasteiger partial charge >= 0.3 is 12.1 Å². The number of benzene rings is 1. The predicted octanol–water partition coefficient (Wildman–Crippen LogP) is 5.94. The molecule has 0 atom stereocenters. The largest absolute Gasteiger partial charge is 0.481 e. The second kappa shape index (κ2) is 12.1. The van der Waals surface area contributed by atoms with E-state index in [-0.39, 0.29) is 12.3 Å². The number of unbranched alkanes of at least 4 members (excludes halogenated alkanes) is 2. The molecular weight excluding hydrogens is 498 g/mol. The van der Waals surface area contributed by atoms with Crippen molar-refractivity contribution < 1.29 is 24.2 Å². The molecule has 190 valence electrons. The molecule has 0 unspecified atom stereocenters. The van der Waals surface area contributed by atoms with E-state index >= 15 is 0 Å². The number of ether oxygens (including phenoxy) is 1. The molecule has 8 nitrogen and oxygen atoms in total. The van der Waals surface area contributed by atoms with Crippen LogP contribution in [0, 0.1) is 0 Å². The number of hydrogen-bond donors (Lipinski definition) is 2. The Labute approximate surface area is 220 Å². The Bertz CT molecular complexity index is 1170. The molecule has 1 fully saturated rings. The molecule has 2 aromatic rings. The summed E-state index contributed by atoms with van der Waals surface area (Å²) in [5.74, 6) is -0.973. The summed E-state index contributed by atoms with van der Waals surface area (Å²) in [6, 6.07) is 12.8. The van der Waals surface area contributed by atoms with Crippen molar-refractivity contribution in [2.75, 3.05) is 11.9 Å². The molecule has 1 aromatic carbocycles. The molecule has 0 bridgehead atoms. The number of carbonyl (C=O) groups is 3. The first-order valence-corrected chi connectivity index (χ1v) is 12.8. The number of carboxylic acids is 1. The van der Waals surface area contributed by atoms with Gasteiger partial charge in [-0.1, -0.05) is 48.6 Å². The van der Waals surface area contributed by atoms with Crippen LogP contribution >= 0.6 is 24.0 Å². The monoisotopic (exact) mass is 527 g/mol. The molecule has 0 saturated carbocycles. The van der Waals surface area contributed by atoms with Crippen LogP contribution in [0.3, 0.4) is 0 Å². The molecule has 1 saturated heterocycles. The number of aliphatic carboxylic acids is 1. The maximum atomic E-state index is 12.8. The van der Waals surface area contributed by atoms with Gasteiger partial charge in [0.1, 0.15) is 9.92 Å². The van der Waals surface area contributed by atoms with E-state index in [2.05, 4.69) is 10.3 Å². The van der Waals surface area contributed by atoms with Gasteiger partial charge in [-0.2, -0.15) is 0 Å². The zero-order chi connectivity index (χ0) is 26.3. The molecular formula is C26H29N3O5S2. The molecule has 2 amide bonds. The highest BCUT2D eigenvalue weighted by atomic mass is 32.2. The number of nitrogens with one attached hydrogen (secondary N) is 1. The summed E-state index contributed by atoms with van der Waals surface area (Å²) in [5.41, 5.74) is 2.24. The van der Waals surface area contributed by atoms with E-state index in [4.69, 9.17) is 22.1 Å². The lowest BCUT2D eigenvalue weighted by molar-refractivity contribution is -0.137. The summed E-state index contributed by atoms with van der Waals surface area (Å²) in [4.78, 5) is 42.2. The van der Waals surface area contributed by atoms with Gasteiger partial charge in [-0.25, -0.2) is 9.78 Å². The van der Waals surface area contributed by atoms with Crippen LogP contribution in [0.25, 0.3) is 17.3 Å². The van der Waals surface area contributed by atoms with Gasteiger partial charge in [0, 0.05) is 24.2 Å². The van der Waals surface area contributed by atoms with Crippen molar-refractivity contribution in [2.45, 2.75) is 52.1 Å². The van der Waals surface area contributed by atoms with Crippen LogP contribution < -0.4 is 5.32 Å². The van der Waals surface area contributed by atoms with Gasteiger partial charge in [0.25, 0.3) is 5.91 Å². The Morgan fingerprint density at radius 1 is 1.14 bits per heavy atom. The van der Waals surface area contributed by atoms with E-state index < -0.39 is 17.7 Å². The molecule has 0 aliphatic carbocycles. The topological polar surface area (TPSA) is 109 Å². The van der Waals surface area contributed by atoms with E-state index in [0.717, 1.165) is 17.7 Å². The van der Waals surface area contributed by atoms with Crippen LogP contribution in [-0.2, 0) is 14.3 Å². The molecule has 2 N–H and O–H groups in total. The Hall–Kier alpha value is -3.24. The molecule has 0 spiro atoms. The summed E-state index contributed by atoms with van der Waals surface area (Å²) in [5, 5.41) is 11.4. The Morgan fingerprint density at radius 2 is 1.86 bits per heavy atom. The van der Waals surface area contributed by atoms with Crippen molar-refractivity contribution in [2.24, 2.45) is 0 Å². The van der Waals surface area contributed by atoms with Gasteiger partial charge < -0.3 is 9.84 Å². The average Bonchev–Trinajstić information content (AvgIpc) is 3.05. The summed E-state index contributed by atoms with van der Waals surface area (Å²) in [7, 11) is 0. The maximum Gasteiger partial charge on any atom is 0.412 e. The standard InChI is InChI=1S/C26H29N3O5S2/c1-26(2,3)34-24(33)28-18-13-11-17(12-14-18)20-9-7-8-19(27-20)16-21-23(32)29(25(35)36-21)15-6-4-5-10-22(30)31/h7-9,11-14,16H,4-6,10,15H2,1-3H3,(H,28,33)(H,30,31). The van der Waals surface area contributed by atoms with Gasteiger partial charge in [0.05, 0.1) is 16.3 Å². The number of amides is 2. The van der Waals surface area contributed by atoms with Crippen LogP contribution in [0.15, 0.2) is 47.4 Å². The molecule has 1 aromatic heterocycles. The first kappa shape index (κ1) is 27.3. The number of anilines is 1. The lowest BCUT2D eigenvalue weighted by Gasteiger charge is -2.19. The minimum absolute atomic E-state index is 0.128. The van der Waals surface area contributed by atoms with Crippen molar-refractivity contribution in [3.05, 3.63) is 53.1 Å². The maximum absolute atomic E-state index is 12.8. The summed E-state index contributed by atoms with van der Waals surface area (Å²) in [6.07, 6.45) is 3.33. The summed E-state index contributed by atoms with van der Waals surface area (Å²) in [6.45, 7) is 5.88. The second-order valence-corrected chi connectivity index (χ2v) is 10.9. The van der Waals surface area contributed by atoms with Crippen molar-refractivity contribution >= 4 is 58.0 Å². The fraction of sp³-hybridized carbons (Fsp3) is 0.346. The van der Waals surface area contributed by atoms with Crippen LogP contribution in [0.2, 0.25) is 0 Å². The van der Waals surface area contributed by atoms with Crippen LogP contribution in [0.4, 0.5) is 10.5 Å². The number of carbonyl (C=O) groups excluding carboxylic acids is 2. The highest BCUT2D eigenvalue weighted by Gasteiger charge is 2.31. The Kier molecular flexibility index (Phi) is 9.22. The number of thioether (sulfide) groups is 1. The van der Waals surface area contributed by atoms with Crippen LogP contribution in [0.1, 0.15) is 52.1 Å². The number of carboxylic acid groups (broad SMARTS) is 1. The van der Waals surface area contributed by atoms with Crippen LogP contribution in [0.5, 0.6) is 0 Å². The number of nitrogens with zero attached hydrogens (tertiary/aromatic N) is 2. The molecule has 10 heteroatoms. The first-order chi connectivity index (χ1) is 17.0. The van der Waals surface area contributed by atoms with E-state index in [1.807, 2.05) is 30.3 Å². The SMILES string of the molecule is CC(C)(C)OC(=O)Nc1ccc(-c2cccc(C=C3SC(=S)N(CCCCCC(=O)O)C3=O)n2)cc1. The van der Waals surface area contributed by atoms with E-state index in [1.165, 1.54) is 11.8 Å². The third-order valence-corrected chi connectivity index (χ3v) is 6.40. The third-order valence-electron chi connectivity index (χ3n) is 5.02. The summed E-state index contributed by atoms with van der Waals surface area (Å²) >= 11 is 6.62. The molecule has 1 aliphatic rings. The van der Waals surface area contributed by atoms with Crippen molar-refractivity contribution in [3.8, 4) is 11.3 Å². The van der Waals surface area contributed by atoms with Crippen molar-refractivity contribution in [1.29, 1.82) is 0 Å². The van der Waals surface area contributed by atoms with E-state index in [9.17, 15) is 14.4 Å². The minimum Gasteiger partial charge on any atom is -0.481 e. The summed E-state index contributed by atoms with van der Waals surface area (Å²) < 4.78 is 5.76. The average molecular weight is 528 g/mol. The minimum atomic E-state index is -0.813. The number of aromatic nitrogens is 1. The number of thiocarbonyl (C=S) groups is 1. The smallest absolute Gasteiger partial charge is 0.412 e. The van der Waals surface area contributed by atoms with Crippen molar-refractivity contribution in [1.82, 2.24) is 9.88 Å². The second-order valence-electron chi connectivity index (χ2n) is 9.19. The third kappa shape index (κ3) is 8.17. The zero-order valence-corrected chi connectivity index (χ0v) is 22.1. The Morgan fingerprint density at radius 3 is 2.53 bits per heavy atom. The van der Waals surface area contributed by atoms with Gasteiger partial charge in [-0.15, -0.1) is 0 Å². The highest BCUT2D eigenvalue weighted by molar-refractivity contribution is 8.26. The molecule has 1 aliphatic heterocycles. The molecule has 36 heavy (non-hydrogen) atoms. The Balaban J connectivity index is 1.64. The predicted molar refractivity (Wildman–Crippen MR) is 146 cm³/mol. The van der Waals surface area contributed by atoms with E-state index in [0.29, 0.717) is 40.0 Å². The lowest BCUT2D eigenvalue weighted by atomic mass is 10.1. The quantitative estimate of drug-likeness (QED) is 0.234. The fourth-order valence-electron chi connectivity index (χ4n) is 3.39. The lowest BCUT2D eigenvalue weighted by Crippen LogP contribution is -2.29. The van der Waals surface area contributed by atoms with E-state index in [1.54, 1.807) is 43.9 Å². The normalized spacial score (nSPS) is 14.9. The first-order valence-electron chi connectivity index (χ1n) is 11.6. The highest BCUT2D eigenvalue weighted by Crippen LogP contribution is 2.33.